The molecule has 0 aromatic heterocycles. The number of hydrogen-bond donors (Lipinski definition) is 0. The first-order chi connectivity index (χ1) is 32.6. The lowest BCUT2D eigenvalue weighted by molar-refractivity contribution is -0.163. The number of carbonyl (C=O) groups is 2. The molecule has 0 aromatic carbocycles. The first-order valence-electron chi connectivity index (χ1n) is 27.8. The van der Waals surface area contributed by atoms with E-state index in [1.807, 2.05) is 0 Å². The van der Waals surface area contributed by atoms with Crippen LogP contribution in [0.3, 0.4) is 0 Å². The van der Waals surface area contributed by atoms with Crippen molar-refractivity contribution in [3.63, 3.8) is 0 Å². The zero-order valence-electron chi connectivity index (χ0n) is 43.4. The topological polar surface area (TPSA) is 61.8 Å². The van der Waals surface area contributed by atoms with Gasteiger partial charge in [-0.05, 0) is 89.9 Å². The molecule has 0 aromatic rings. The molecule has 5 heteroatoms. The molecule has 5 nitrogen and oxygen atoms in total. The Morgan fingerprint density at radius 1 is 0.348 bits per heavy atom. The SMILES string of the molecule is CC/C=C\C/C=C\C/C=C\C/C=C\CCCCCCC(=O)OC(COCCC/C=C\C/C=C\C/C=C\C/C=C\CC)COC(=O)CCCCCCCCCCCCCCCCCCCCC. The van der Waals surface area contributed by atoms with Crippen LogP contribution in [-0.2, 0) is 23.8 Å². The molecule has 66 heavy (non-hydrogen) atoms. The summed E-state index contributed by atoms with van der Waals surface area (Å²) in [5.41, 5.74) is 0. The van der Waals surface area contributed by atoms with E-state index in [2.05, 4.69) is 118 Å². The molecule has 0 fully saturated rings. The van der Waals surface area contributed by atoms with E-state index in [-0.39, 0.29) is 25.2 Å². The van der Waals surface area contributed by atoms with Crippen LogP contribution in [0.5, 0.6) is 0 Å². The zero-order valence-corrected chi connectivity index (χ0v) is 43.4. The largest absolute Gasteiger partial charge is 0.462 e. The van der Waals surface area contributed by atoms with Crippen LogP contribution in [0.2, 0.25) is 0 Å². The minimum atomic E-state index is -0.581. The highest BCUT2D eigenvalue weighted by Gasteiger charge is 2.17. The summed E-state index contributed by atoms with van der Waals surface area (Å²) in [5, 5.41) is 0. The van der Waals surface area contributed by atoms with Crippen molar-refractivity contribution < 1.29 is 23.8 Å². The maximum atomic E-state index is 12.8. The van der Waals surface area contributed by atoms with E-state index >= 15 is 0 Å². The van der Waals surface area contributed by atoms with Crippen LogP contribution in [0.15, 0.2) is 97.2 Å². The summed E-state index contributed by atoms with van der Waals surface area (Å²) in [6.07, 6.45) is 75.8. The molecule has 0 N–H and O–H groups in total. The molecule has 0 spiro atoms. The van der Waals surface area contributed by atoms with Gasteiger partial charge in [-0.25, -0.2) is 0 Å². The van der Waals surface area contributed by atoms with Crippen LogP contribution < -0.4 is 0 Å². The van der Waals surface area contributed by atoms with Crippen LogP contribution in [0, 0.1) is 0 Å². The number of carbonyl (C=O) groups excluding carboxylic acids is 2. The third-order valence-electron chi connectivity index (χ3n) is 11.6. The molecule has 0 aliphatic carbocycles. The maximum absolute atomic E-state index is 12.8. The van der Waals surface area contributed by atoms with Gasteiger partial charge in [-0.1, -0.05) is 246 Å². The summed E-state index contributed by atoms with van der Waals surface area (Å²) in [4.78, 5) is 25.5. The minimum absolute atomic E-state index is 0.0510. The summed E-state index contributed by atoms with van der Waals surface area (Å²) in [6.45, 7) is 7.46. The van der Waals surface area contributed by atoms with Crippen LogP contribution in [-0.4, -0.2) is 37.9 Å². The summed E-state index contributed by atoms with van der Waals surface area (Å²) in [5.74, 6) is -0.451. The fraction of sp³-hybridized carbons (Fsp3) is 0.705. The van der Waals surface area contributed by atoms with Crippen molar-refractivity contribution in [1.29, 1.82) is 0 Å². The fourth-order valence-electron chi connectivity index (χ4n) is 7.57. The van der Waals surface area contributed by atoms with Gasteiger partial charge in [0.25, 0.3) is 0 Å². The number of esters is 2. The van der Waals surface area contributed by atoms with Gasteiger partial charge in [-0.3, -0.25) is 9.59 Å². The average Bonchev–Trinajstić information content (AvgIpc) is 3.32. The smallest absolute Gasteiger partial charge is 0.306 e. The molecule has 0 rings (SSSR count). The van der Waals surface area contributed by atoms with Crippen molar-refractivity contribution in [2.24, 2.45) is 0 Å². The van der Waals surface area contributed by atoms with Gasteiger partial charge >= 0.3 is 11.9 Å². The second kappa shape index (κ2) is 56.1. The van der Waals surface area contributed by atoms with Crippen molar-refractivity contribution in [3.8, 4) is 0 Å². The predicted octanol–water partition coefficient (Wildman–Crippen LogP) is 19.0. The average molecular weight is 917 g/mol. The molecule has 0 aliphatic rings. The van der Waals surface area contributed by atoms with Crippen LogP contribution >= 0.6 is 0 Å². The lowest BCUT2D eigenvalue weighted by atomic mass is 10.0. The molecule has 0 heterocycles. The quantitative estimate of drug-likeness (QED) is 0.0346. The molecule has 1 unspecified atom stereocenters. The zero-order chi connectivity index (χ0) is 47.7. The van der Waals surface area contributed by atoms with Gasteiger partial charge in [-0.2, -0.15) is 0 Å². The van der Waals surface area contributed by atoms with Gasteiger partial charge in [0.1, 0.15) is 6.61 Å². The molecule has 0 radical (unpaired) electrons. The first-order valence-corrected chi connectivity index (χ1v) is 27.8. The second-order valence-electron chi connectivity index (χ2n) is 18.1. The summed E-state index contributed by atoms with van der Waals surface area (Å²) in [6, 6.07) is 0. The highest BCUT2D eigenvalue weighted by atomic mass is 16.6. The Hall–Kier alpha value is -3.18. The van der Waals surface area contributed by atoms with Crippen LogP contribution in [0.1, 0.15) is 252 Å². The highest BCUT2D eigenvalue weighted by Crippen LogP contribution is 2.16. The third kappa shape index (κ3) is 53.4. The Morgan fingerprint density at radius 2 is 0.682 bits per heavy atom. The molecule has 0 saturated carbocycles. The molecule has 0 saturated heterocycles. The molecule has 0 amide bonds. The number of ether oxygens (including phenoxy) is 3. The van der Waals surface area contributed by atoms with E-state index < -0.39 is 6.10 Å². The molecule has 1 atom stereocenters. The molecule has 378 valence electrons. The van der Waals surface area contributed by atoms with Crippen molar-refractivity contribution >= 4 is 11.9 Å². The van der Waals surface area contributed by atoms with E-state index in [1.54, 1.807) is 0 Å². The molecule has 0 bridgehead atoms. The Labute approximate surface area is 409 Å². The summed E-state index contributed by atoms with van der Waals surface area (Å²) < 4.78 is 17.4. The minimum Gasteiger partial charge on any atom is -0.462 e. The standard InChI is InChI=1S/C61H104O5/c1-4-7-10-13-16-19-22-25-28-30-31-33-34-36-39-42-45-48-51-54-60(62)65-58-59(57-64-56-53-50-47-44-41-38-27-24-21-18-15-12-9-6-3)66-61(63)55-52-49-46-43-40-37-35-32-29-26-23-20-17-14-11-8-5-2/h8-9,11-12,17-18,20-21,26-27,29,35,37-38,44,47,59H,4-7,10,13-16,19,22-25,28,30-34,36,39-43,45-46,48-58H2,1-3H3/b11-8-,12-9-,20-17-,21-18-,29-26-,37-35-,38-27-,47-44-. The number of allylic oxidation sites excluding steroid dienone is 16. The monoisotopic (exact) mass is 917 g/mol. The van der Waals surface area contributed by atoms with Crippen molar-refractivity contribution in [2.45, 2.75) is 258 Å². The summed E-state index contributed by atoms with van der Waals surface area (Å²) >= 11 is 0. The van der Waals surface area contributed by atoms with E-state index in [0.29, 0.717) is 19.4 Å². The lowest BCUT2D eigenvalue weighted by Gasteiger charge is -2.18. The third-order valence-corrected chi connectivity index (χ3v) is 11.6. The Bertz CT molecular complexity index is 1270. The van der Waals surface area contributed by atoms with Gasteiger partial charge in [0.05, 0.1) is 6.61 Å². The van der Waals surface area contributed by atoms with Crippen LogP contribution in [0.4, 0.5) is 0 Å². The second-order valence-corrected chi connectivity index (χ2v) is 18.1. The highest BCUT2D eigenvalue weighted by molar-refractivity contribution is 5.70. The van der Waals surface area contributed by atoms with Crippen molar-refractivity contribution in [2.75, 3.05) is 19.8 Å². The summed E-state index contributed by atoms with van der Waals surface area (Å²) in [7, 11) is 0. The van der Waals surface area contributed by atoms with Gasteiger partial charge in [0.2, 0.25) is 0 Å². The van der Waals surface area contributed by atoms with E-state index in [4.69, 9.17) is 14.2 Å². The number of hydrogen-bond acceptors (Lipinski definition) is 5. The molecule has 0 aliphatic heterocycles. The Kier molecular flexibility index (Phi) is 53.4. The van der Waals surface area contributed by atoms with Gasteiger partial charge in [0, 0.05) is 19.4 Å². The van der Waals surface area contributed by atoms with E-state index in [0.717, 1.165) is 109 Å². The van der Waals surface area contributed by atoms with Crippen LogP contribution in [0.25, 0.3) is 0 Å². The number of rotatable bonds is 50. The number of unbranched alkanes of at least 4 members (excludes halogenated alkanes) is 23. The van der Waals surface area contributed by atoms with Gasteiger partial charge < -0.3 is 14.2 Å². The molecular weight excluding hydrogens is 813 g/mol. The van der Waals surface area contributed by atoms with Crippen molar-refractivity contribution in [3.05, 3.63) is 97.2 Å². The normalized spacial score (nSPS) is 13.0. The lowest BCUT2D eigenvalue weighted by Crippen LogP contribution is -2.30. The maximum Gasteiger partial charge on any atom is 0.306 e. The predicted molar refractivity (Wildman–Crippen MR) is 288 cm³/mol. The Balaban J connectivity index is 4.35. The van der Waals surface area contributed by atoms with E-state index in [9.17, 15) is 9.59 Å². The Morgan fingerprint density at radius 3 is 1.09 bits per heavy atom. The van der Waals surface area contributed by atoms with Gasteiger partial charge in [0.15, 0.2) is 6.10 Å². The fourth-order valence-corrected chi connectivity index (χ4v) is 7.57. The first kappa shape index (κ1) is 62.8. The van der Waals surface area contributed by atoms with Crippen molar-refractivity contribution in [1.82, 2.24) is 0 Å². The molecular formula is C61H104O5. The van der Waals surface area contributed by atoms with Gasteiger partial charge in [-0.15, -0.1) is 0 Å². The van der Waals surface area contributed by atoms with E-state index in [1.165, 1.54) is 109 Å².